The number of rotatable bonds is 2. The van der Waals surface area contributed by atoms with Crippen LogP contribution in [-0.4, -0.2) is 18.8 Å². The third-order valence-corrected chi connectivity index (χ3v) is 1.79. The Morgan fingerprint density at radius 3 is 2.64 bits per heavy atom. The summed E-state index contributed by atoms with van der Waals surface area (Å²) in [6.07, 6.45) is 2.89. The zero-order chi connectivity index (χ0) is 8.27. The largest absolute Gasteiger partial charge is 0.314 e. The van der Waals surface area contributed by atoms with Crippen molar-refractivity contribution in [3.63, 3.8) is 0 Å². The third-order valence-electron chi connectivity index (χ3n) is 1.79. The molecule has 11 heavy (non-hydrogen) atoms. The quantitative estimate of drug-likeness (QED) is 0.467. The number of nitrogens with zero attached hydrogens (tertiary/aromatic N) is 1. The lowest BCUT2D eigenvalue weighted by Gasteiger charge is -2.04. The first-order valence-corrected chi connectivity index (χ1v) is 4.04. The molecular weight excluding hydrogens is 140 g/mol. The van der Waals surface area contributed by atoms with Crippen LogP contribution >= 0.6 is 0 Å². The van der Waals surface area contributed by atoms with Crippen molar-refractivity contribution < 1.29 is 4.79 Å². The molecule has 0 saturated heterocycles. The first kappa shape index (κ1) is 8.24. The highest BCUT2D eigenvalue weighted by Gasteiger charge is 2.27. The van der Waals surface area contributed by atoms with Crippen molar-refractivity contribution in [3.8, 4) is 0 Å². The van der Waals surface area contributed by atoms with Crippen molar-refractivity contribution in [2.75, 3.05) is 7.05 Å². The van der Waals surface area contributed by atoms with Gasteiger partial charge in [-0.1, -0.05) is 6.92 Å². The average Bonchev–Trinajstić information content (AvgIpc) is 2.82. The van der Waals surface area contributed by atoms with Gasteiger partial charge >= 0.3 is 0 Å². The number of amides is 1. The fourth-order valence-electron chi connectivity index (χ4n) is 0.929. The highest BCUT2D eigenvalue weighted by atomic mass is 16.1. The summed E-state index contributed by atoms with van der Waals surface area (Å²) in [7, 11) is 1.73. The summed E-state index contributed by atoms with van der Waals surface area (Å²) in [5, 5.41) is 2.79. The number of amidine groups is 1. The summed E-state index contributed by atoms with van der Waals surface area (Å²) >= 11 is 0. The van der Waals surface area contributed by atoms with Crippen LogP contribution in [0.15, 0.2) is 4.99 Å². The first-order valence-electron chi connectivity index (χ1n) is 4.04. The van der Waals surface area contributed by atoms with E-state index in [1.165, 1.54) is 12.8 Å². The van der Waals surface area contributed by atoms with Gasteiger partial charge in [0.25, 0.3) is 0 Å². The molecule has 0 heterocycles. The number of aliphatic imine (C=N–C) groups is 1. The number of carbonyl (C=O) groups excluding carboxylic acids is 1. The summed E-state index contributed by atoms with van der Waals surface area (Å²) < 4.78 is 0. The van der Waals surface area contributed by atoms with Gasteiger partial charge in [-0.15, -0.1) is 0 Å². The summed E-state index contributed by atoms with van der Waals surface area (Å²) in [6.45, 7) is 1.84. The molecule has 1 rings (SSSR count). The Bertz CT molecular complexity index is 183. The lowest BCUT2D eigenvalue weighted by Crippen LogP contribution is -2.31. The van der Waals surface area contributed by atoms with E-state index >= 15 is 0 Å². The number of carbonyl (C=O) groups is 1. The van der Waals surface area contributed by atoms with Gasteiger partial charge in [0.15, 0.2) is 0 Å². The predicted octanol–water partition coefficient (Wildman–Crippen LogP) is 0.951. The highest BCUT2D eigenvalue weighted by Crippen LogP contribution is 2.29. The Labute approximate surface area is 66.9 Å². The molecule has 1 amide bonds. The number of nitrogens with one attached hydrogen (secondary N) is 1. The molecule has 0 aromatic rings. The van der Waals surface area contributed by atoms with Crippen LogP contribution in [0.1, 0.15) is 26.2 Å². The Hall–Kier alpha value is -0.860. The van der Waals surface area contributed by atoms with Crippen molar-refractivity contribution in [1.82, 2.24) is 5.32 Å². The van der Waals surface area contributed by atoms with Gasteiger partial charge in [0.1, 0.15) is 5.84 Å². The molecule has 0 unspecified atom stereocenters. The van der Waals surface area contributed by atoms with E-state index in [4.69, 9.17) is 0 Å². The molecule has 1 fully saturated rings. The normalized spacial score (nSPS) is 18.2. The lowest BCUT2D eigenvalue weighted by atomic mass is 10.3. The van der Waals surface area contributed by atoms with Crippen molar-refractivity contribution in [1.29, 1.82) is 0 Å². The van der Waals surface area contributed by atoms with Crippen molar-refractivity contribution in [2.24, 2.45) is 10.9 Å². The molecular formula is C8H14N2O. The standard InChI is InChI=1S/C8H14N2O/c1-3-7(11)10-8(9-2)6-4-5-6/h6H,3-5H2,1-2H3,(H,9,10,11). The molecule has 0 aromatic carbocycles. The minimum atomic E-state index is 0.0671. The van der Waals surface area contributed by atoms with E-state index in [0.717, 1.165) is 5.84 Å². The summed E-state index contributed by atoms with van der Waals surface area (Å²) in [5.41, 5.74) is 0. The average molecular weight is 154 g/mol. The molecule has 0 aliphatic heterocycles. The molecule has 1 N–H and O–H groups in total. The van der Waals surface area contributed by atoms with E-state index in [2.05, 4.69) is 10.3 Å². The highest BCUT2D eigenvalue weighted by molar-refractivity contribution is 6.00. The molecule has 1 aliphatic rings. The van der Waals surface area contributed by atoms with E-state index in [-0.39, 0.29) is 5.91 Å². The molecule has 3 heteroatoms. The van der Waals surface area contributed by atoms with Crippen LogP contribution in [-0.2, 0) is 4.79 Å². The topological polar surface area (TPSA) is 41.5 Å². The third kappa shape index (κ3) is 2.33. The molecule has 0 radical (unpaired) electrons. The van der Waals surface area contributed by atoms with E-state index in [9.17, 15) is 4.79 Å². The van der Waals surface area contributed by atoms with Crippen LogP contribution in [0.2, 0.25) is 0 Å². The summed E-state index contributed by atoms with van der Waals surface area (Å²) in [5.74, 6) is 1.48. The van der Waals surface area contributed by atoms with Gasteiger partial charge in [-0.2, -0.15) is 0 Å². The Kier molecular flexibility index (Phi) is 2.63. The predicted molar refractivity (Wildman–Crippen MR) is 44.5 cm³/mol. The molecule has 0 atom stereocenters. The van der Waals surface area contributed by atoms with E-state index < -0.39 is 0 Å². The molecule has 1 aliphatic carbocycles. The fraction of sp³-hybridized carbons (Fsp3) is 0.750. The van der Waals surface area contributed by atoms with Gasteiger partial charge in [0.05, 0.1) is 0 Å². The number of hydrogen-bond donors (Lipinski definition) is 1. The second kappa shape index (κ2) is 3.51. The Morgan fingerprint density at radius 2 is 2.27 bits per heavy atom. The van der Waals surface area contributed by atoms with Crippen molar-refractivity contribution in [3.05, 3.63) is 0 Å². The molecule has 0 spiro atoms. The molecule has 1 saturated carbocycles. The maximum Gasteiger partial charge on any atom is 0.224 e. The van der Waals surface area contributed by atoms with Crippen molar-refractivity contribution in [2.45, 2.75) is 26.2 Å². The van der Waals surface area contributed by atoms with Crippen LogP contribution in [0.25, 0.3) is 0 Å². The second-order valence-electron chi connectivity index (χ2n) is 2.78. The molecule has 0 bridgehead atoms. The van der Waals surface area contributed by atoms with Gasteiger partial charge in [-0.05, 0) is 12.8 Å². The summed E-state index contributed by atoms with van der Waals surface area (Å²) in [4.78, 5) is 14.9. The van der Waals surface area contributed by atoms with Crippen LogP contribution in [0, 0.1) is 5.92 Å². The van der Waals surface area contributed by atoms with Gasteiger partial charge in [-0.25, -0.2) is 0 Å². The monoisotopic (exact) mass is 154 g/mol. The summed E-state index contributed by atoms with van der Waals surface area (Å²) in [6, 6.07) is 0. The van der Waals surface area contributed by atoms with Gasteiger partial charge < -0.3 is 5.32 Å². The molecule has 62 valence electrons. The minimum absolute atomic E-state index is 0.0671. The fourth-order valence-corrected chi connectivity index (χ4v) is 0.929. The number of hydrogen-bond acceptors (Lipinski definition) is 2. The first-order chi connectivity index (χ1) is 5.27. The van der Waals surface area contributed by atoms with Crippen molar-refractivity contribution >= 4 is 11.7 Å². The molecule has 0 aromatic heterocycles. The second-order valence-corrected chi connectivity index (χ2v) is 2.78. The van der Waals surface area contributed by atoms with Crippen LogP contribution < -0.4 is 5.32 Å². The van der Waals surface area contributed by atoms with Gasteiger partial charge in [-0.3, -0.25) is 9.79 Å². The SMILES string of the molecule is CCC(=O)NC(=NC)C1CC1. The maximum absolute atomic E-state index is 10.9. The van der Waals surface area contributed by atoms with Crippen LogP contribution in [0.5, 0.6) is 0 Å². The van der Waals surface area contributed by atoms with Crippen LogP contribution in [0.4, 0.5) is 0 Å². The maximum atomic E-state index is 10.9. The Balaban J connectivity index is 2.38. The Morgan fingerprint density at radius 1 is 1.64 bits per heavy atom. The zero-order valence-electron chi connectivity index (χ0n) is 7.05. The van der Waals surface area contributed by atoms with Gasteiger partial charge in [0, 0.05) is 19.4 Å². The van der Waals surface area contributed by atoms with Crippen LogP contribution in [0.3, 0.4) is 0 Å². The van der Waals surface area contributed by atoms with Gasteiger partial charge in [0.2, 0.25) is 5.91 Å². The minimum Gasteiger partial charge on any atom is -0.314 e. The van der Waals surface area contributed by atoms with E-state index in [1.54, 1.807) is 7.05 Å². The van der Waals surface area contributed by atoms with E-state index in [0.29, 0.717) is 12.3 Å². The zero-order valence-corrected chi connectivity index (χ0v) is 7.05. The lowest BCUT2D eigenvalue weighted by molar-refractivity contribution is -0.119. The van der Waals surface area contributed by atoms with E-state index in [1.807, 2.05) is 6.92 Å². The smallest absolute Gasteiger partial charge is 0.224 e. The molecule has 3 nitrogen and oxygen atoms in total.